The van der Waals surface area contributed by atoms with Crippen LogP contribution in [0.15, 0.2) is 24.5 Å². The quantitative estimate of drug-likeness (QED) is 0.854. The topological polar surface area (TPSA) is 53.5 Å². The van der Waals surface area contributed by atoms with Gasteiger partial charge in [0.15, 0.2) is 0 Å². The summed E-state index contributed by atoms with van der Waals surface area (Å²) in [4.78, 5) is 33.0. The lowest BCUT2D eigenvalue weighted by atomic mass is 10.0. The van der Waals surface area contributed by atoms with Crippen LogP contribution in [0.5, 0.6) is 0 Å². The van der Waals surface area contributed by atoms with E-state index in [-0.39, 0.29) is 23.8 Å². The average Bonchev–Trinajstić information content (AvgIpc) is 3.13. The van der Waals surface area contributed by atoms with Crippen LogP contribution in [0.1, 0.15) is 43.7 Å². The van der Waals surface area contributed by atoms with Crippen molar-refractivity contribution in [1.82, 2.24) is 14.8 Å². The Bertz CT molecular complexity index is 585. The molecule has 1 saturated carbocycles. The van der Waals surface area contributed by atoms with Gasteiger partial charge in [-0.25, -0.2) is 0 Å². The lowest BCUT2D eigenvalue weighted by molar-refractivity contribution is -0.136. The van der Waals surface area contributed by atoms with Gasteiger partial charge in [0.05, 0.1) is 12.0 Å². The predicted molar refractivity (Wildman–Crippen MR) is 80.8 cm³/mol. The Labute approximate surface area is 130 Å². The van der Waals surface area contributed by atoms with E-state index < -0.39 is 0 Å². The first-order chi connectivity index (χ1) is 10.7. The summed E-state index contributed by atoms with van der Waals surface area (Å²) in [5, 5.41) is 0. The summed E-state index contributed by atoms with van der Waals surface area (Å²) in [7, 11) is 0. The van der Waals surface area contributed by atoms with Gasteiger partial charge < -0.3 is 9.80 Å². The van der Waals surface area contributed by atoms with E-state index in [1.54, 1.807) is 12.4 Å². The van der Waals surface area contributed by atoms with E-state index in [1.165, 1.54) is 0 Å². The van der Waals surface area contributed by atoms with E-state index in [1.807, 2.05) is 21.9 Å². The molecule has 0 unspecified atom stereocenters. The molecule has 3 fully saturated rings. The number of likely N-dealkylation sites (tertiary alicyclic amines) is 2. The second-order valence-corrected chi connectivity index (χ2v) is 6.65. The third-order valence-corrected chi connectivity index (χ3v) is 5.12. The number of amides is 2. The van der Waals surface area contributed by atoms with Crippen LogP contribution in [0.3, 0.4) is 0 Å². The molecule has 116 valence electrons. The zero-order valence-electron chi connectivity index (χ0n) is 12.6. The fourth-order valence-corrected chi connectivity index (χ4v) is 3.83. The van der Waals surface area contributed by atoms with E-state index >= 15 is 0 Å². The van der Waals surface area contributed by atoms with Crippen LogP contribution in [-0.4, -0.2) is 45.7 Å². The second-order valence-electron chi connectivity index (χ2n) is 6.65. The molecule has 0 N–H and O–H groups in total. The monoisotopic (exact) mass is 299 g/mol. The summed E-state index contributed by atoms with van der Waals surface area (Å²) >= 11 is 0. The van der Waals surface area contributed by atoms with Crippen LogP contribution in [0, 0.1) is 5.92 Å². The number of pyridine rings is 1. The normalized spacial score (nSPS) is 28.5. The molecule has 2 atom stereocenters. The van der Waals surface area contributed by atoms with Crippen molar-refractivity contribution in [3.8, 4) is 0 Å². The van der Waals surface area contributed by atoms with Gasteiger partial charge in [0, 0.05) is 37.9 Å². The standard InChI is InChI=1S/C17H21N3O2/c21-16-10-13(11-20(16)14-3-4-14)17(22)19-9-1-2-15(19)12-5-7-18-8-6-12/h5-8,13-15H,1-4,9-11H2/t13-,15+/m1/s1. The second kappa shape index (κ2) is 5.38. The lowest BCUT2D eigenvalue weighted by Crippen LogP contribution is -2.37. The van der Waals surface area contributed by atoms with Crippen LogP contribution in [0.25, 0.3) is 0 Å². The largest absolute Gasteiger partial charge is 0.339 e. The van der Waals surface area contributed by atoms with Crippen molar-refractivity contribution in [2.24, 2.45) is 5.92 Å². The molecule has 0 spiro atoms. The SMILES string of the molecule is O=C1C[C@@H](C(=O)N2CCC[C@H]2c2ccncc2)CN1C1CC1. The number of aromatic nitrogens is 1. The molecule has 5 heteroatoms. The van der Waals surface area contributed by atoms with Crippen molar-refractivity contribution in [2.45, 2.75) is 44.2 Å². The number of hydrogen-bond donors (Lipinski definition) is 0. The Kier molecular flexibility index (Phi) is 3.36. The maximum atomic E-state index is 12.9. The number of hydrogen-bond acceptors (Lipinski definition) is 3. The highest BCUT2D eigenvalue weighted by Gasteiger charge is 2.44. The fraction of sp³-hybridized carbons (Fsp3) is 0.588. The summed E-state index contributed by atoms with van der Waals surface area (Å²) in [5.41, 5.74) is 1.16. The summed E-state index contributed by atoms with van der Waals surface area (Å²) in [6.45, 7) is 1.43. The Morgan fingerprint density at radius 2 is 1.95 bits per heavy atom. The molecule has 1 aromatic heterocycles. The fourth-order valence-electron chi connectivity index (χ4n) is 3.83. The molecule has 0 radical (unpaired) electrons. The molecule has 0 aromatic carbocycles. The average molecular weight is 299 g/mol. The summed E-state index contributed by atoms with van der Waals surface area (Å²) in [5.74, 6) is 0.187. The van der Waals surface area contributed by atoms with Gasteiger partial charge >= 0.3 is 0 Å². The number of carbonyl (C=O) groups excluding carboxylic acids is 2. The Balaban J connectivity index is 1.49. The first-order valence-corrected chi connectivity index (χ1v) is 8.24. The van der Waals surface area contributed by atoms with Crippen LogP contribution in [0.4, 0.5) is 0 Å². The third-order valence-electron chi connectivity index (χ3n) is 5.12. The van der Waals surface area contributed by atoms with Gasteiger partial charge in [-0.05, 0) is 43.4 Å². The minimum atomic E-state index is -0.143. The first-order valence-electron chi connectivity index (χ1n) is 8.24. The molecule has 2 aliphatic heterocycles. The Hall–Kier alpha value is -1.91. The molecular weight excluding hydrogens is 278 g/mol. The van der Waals surface area contributed by atoms with Gasteiger partial charge in [0.1, 0.15) is 0 Å². The van der Waals surface area contributed by atoms with Crippen LogP contribution in [-0.2, 0) is 9.59 Å². The van der Waals surface area contributed by atoms with Crippen molar-refractivity contribution in [2.75, 3.05) is 13.1 Å². The van der Waals surface area contributed by atoms with Gasteiger partial charge in [-0.1, -0.05) is 0 Å². The number of carbonyl (C=O) groups is 2. The predicted octanol–water partition coefficient (Wildman–Crippen LogP) is 1.76. The highest BCUT2D eigenvalue weighted by Crippen LogP contribution is 2.37. The van der Waals surface area contributed by atoms with E-state index in [4.69, 9.17) is 0 Å². The Morgan fingerprint density at radius 3 is 2.68 bits per heavy atom. The number of rotatable bonds is 3. The molecule has 2 saturated heterocycles. The highest BCUT2D eigenvalue weighted by atomic mass is 16.2. The third kappa shape index (κ3) is 2.38. The maximum Gasteiger partial charge on any atom is 0.228 e. The molecule has 0 bridgehead atoms. The summed E-state index contributed by atoms with van der Waals surface area (Å²) in [6.07, 6.45) is 8.21. The minimum absolute atomic E-state index is 0.143. The lowest BCUT2D eigenvalue weighted by Gasteiger charge is -2.27. The van der Waals surface area contributed by atoms with Gasteiger partial charge in [0.2, 0.25) is 11.8 Å². The van der Waals surface area contributed by atoms with Crippen LogP contribution >= 0.6 is 0 Å². The van der Waals surface area contributed by atoms with E-state index in [0.717, 1.165) is 37.8 Å². The van der Waals surface area contributed by atoms with Crippen molar-refractivity contribution in [3.63, 3.8) is 0 Å². The van der Waals surface area contributed by atoms with Gasteiger partial charge in [-0.3, -0.25) is 14.6 Å². The molecule has 5 nitrogen and oxygen atoms in total. The minimum Gasteiger partial charge on any atom is -0.339 e. The zero-order valence-corrected chi connectivity index (χ0v) is 12.6. The van der Waals surface area contributed by atoms with E-state index in [9.17, 15) is 9.59 Å². The van der Waals surface area contributed by atoms with Crippen LogP contribution < -0.4 is 0 Å². The molecule has 2 amide bonds. The van der Waals surface area contributed by atoms with Gasteiger partial charge in [-0.15, -0.1) is 0 Å². The zero-order chi connectivity index (χ0) is 15.1. The van der Waals surface area contributed by atoms with Gasteiger partial charge in [-0.2, -0.15) is 0 Å². The molecule has 22 heavy (non-hydrogen) atoms. The summed E-state index contributed by atoms with van der Waals surface area (Å²) < 4.78 is 0. The molecule has 4 rings (SSSR count). The number of nitrogens with zero attached hydrogens (tertiary/aromatic N) is 3. The van der Waals surface area contributed by atoms with Gasteiger partial charge in [0.25, 0.3) is 0 Å². The molecule has 3 heterocycles. The first kappa shape index (κ1) is 13.7. The van der Waals surface area contributed by atoms with Crippen molar-refractivity contribution < 1.29 is 9.59 Å². The van der Waals surface area contributed by atoms with Crippen molar-refractivity contribution >= 4 is 11.8 Å². The smallest absolute Gasteiger partial charge is 0.228 e. The molecule has 1 aromatic rings. The maximum absolute atomic E-state index is 12.9. The van der Waals surface area contributed by atoms with Crippen molar-refractivity contribution in [3.05, 3.63) is 30.1 Å². The molecular formula is C17H21N3O2. The highest BCUT2D eigenvalue weighted by molar-refractivity contribution is 5.90. The van der Waals surface area contributed by atoms with Crippen molar-refractivity contribution in [1.29, 1.82) is 0 Å². The molecule has 3 aliphatic rings. The summed E-state index contributed by atoms with van der Waals surface area (Å²) in [6, 6.07) is 4.56. The molecule has 1 aliphatic carbocycles. The van der Waals surface area contributed by atoms with E-state index in [0.29, 0.717) is 19.0 Å². The van der Waals surface area contributed by atoms with Crippen LogP contribution in [0.2, 0.25) is 0 Å². The Morgan fingerprint density at radius 1 is 1.18 bits per heavy atom. The van der Waals surface area contributed by atoms with E-state index in [2.05, 4.69) is 4.98 Å².